The molecule has 0 aromatic heterocycles. The second-order valence-electron chi connectivity index (χ2n) is 5.41. The first-order valence-electron chi connectivity index (χ1n) is 6.25. The van der Waals surface area contributed by atoms with Crippen LogP contribution in [-0.2, 0) is 0 Å². The Balaban J connectivity index is 1.92. The smallest absolute Gasteiger partial charge is 0.0182 e. The van der Waals surface area contributed by atoms with Crippen molar-refractivity contribution in [2.45, 2.75) is 69.4 Å². The van der Waals surface area contributed by atoms with Crippen molar-refractivity contribution < 1.29 is 0 Å². The van der Waals surface area contributed by atoms with Crippen molar-refractivity contribution in [3.8, 4) is 0 Å². The van der Waals surface area contributed by atoms with E-state index in [9.17, 15) is 0 Å². The molecule has 0 aromatic carbocycles. The van der Waals surface area contributed by atoms with Gasteiger partial charge in [0.15, 0.2) is 0 Å². The van der Waals surface area contributed by atoms with E-state index in [1.165, 1.54) is 57.8 Å². The van der Waals surface area contributed by atoms with Gasteiger partial charge in [0, 0.05) is 11.6 Å². The maximum absolute atomic E-state index is 6.54. The third kappa shape index (κ3) is 2.12. The first-order valence-corrected chi connectivity index (χ1v) is 6.25. The molecule has 4 N–H and O–H groups in total. The van der Waals surface area contributed by atoms with Crippen molar-refractivity contribution in [2.75, 3.05) is 0 Å². The predicted molar refractivity (Wildman–Crippen MR) is 59.9 cm³/mol. The van der Waals surface area contributed by atoms with Crippen molar-refractivity contribution in [3.05, 3.63) is 0 Å². The van der Waals surface area contributed by atoms with Crippen LogP contribution in [-0.4, -0.2) is 11.6 Å². The molecule has 2 aliphatic rings. The summed E-state index contributed by atoms with van der Waals surface area (Å²) in [5.74, 6) is 0.766. The van der Waals surface area contributed by atoms with Gasteiger partial charge >= 0.3 is 0 Å². The van der Waals surface area contributed by atoms with Crippen LogP contribution in [0.15, 0.2) is 0 Å². The van der Waals surface area contributed by atoms with Gasteiger partial charge in [-0.25, -0.2) is 0 Å². The molecule has 0 amide bonds. The summed E-state index contributed by atoms with van der Waals surface area (Å²) in [6.45, 7) is 0. The molecule has 2 nitrogen and oxygen atoms in total. The van der Waals surface area contributed by atoms with Gasteiger partial charge in [-0.15, -0.1) is 0 Å². The summed E-state index contributed by atoms with van der Waals surface area (Å²) >= 11 is 0. The normalized spacial score (nSPS) is 38.1. The van der Waals surface area contributed by atoms with Crippen molar-refractivity contribution in [1.29, 1.82) is 0 Å². The van der Waals surface area contributed by atoms with Crippen LogP contribution >= 0.6 is 0 Å². The zero-order valence-corrected chi connectivity index (χ0v) is 9.17. The predicted octanol–water partition coefficient (Wildman–Crippen LogP) is 2.17. The fraction of sp³-hybridized carbons (Fsp3) is 1.00. The quantitative estimate of drug-likeness (QED) is 0.675. The highest BCUT2D eigenvalue weighted by molar-refractivity contribution is 4.95. The minimum atomic E-state index is 0.179. The van der Waals surface area contributed by atoms with Crippen molar-refractivity contribution in [3.63, 3.8) is 0 Å². The molecule has 0 aliphatic heterocycles. The minimum absolute atomic E-state index is 0.179. The molecule has 2 rings (SSSR count). The van der Waals surface area contributed by atoms with Crippen LogP contribution in [0.1, 0.15) is 57.8 Å². The highest BCUT2D eigenvalue weighted by Crippen LogP contribution is 2.39. The van der Waals surface area contributed by atoms with E-state index in [0.717, 1.165) is 5.92 Å². The van der Waals surface area contributed by atoms with Gasteiger partial charge in [0.2, 0.25) is 0 Å². The third-order valence-corrected chi connectivity index (χ3v) is 4.37. The second-order valence-corrected chi connectivity index (χ2v) is 5.41. The van der Waals surface area contributed by atoms with Crippen LogP contribution in [0.3, 0.4) is 0 Å². The van der Waals surface area contributed by atoms with Gasteiger partial charge in [0.1, 0.15) is 0 Å². The van der Waals surface area contributed by atoms with Crippen molar-refractivity contribution in [2.24, 2.45) is 17.4 Å². The fourth-order valence-electron chi connectivity index (χ4n) is 3.31. The molecule has 82 valence electrons. The maximum Gasteiger partial charge on any atom is 0.0182 e. The first kappa shape index (κ1) is 10.4. The zero-order chi connectivity index (χ0) is 10.0. The topological polar surface area (TPSA) is 52.0 Å². The van der Waals surface area contributed by atoms with E-state index in [4.69, 9.17) is 11.5 Å². The van der Waals surface area contributed by atoms with Crippen molar-refractivity contribution in [1.82, 2.24) is 0 Å². The van der Waals surface area contributed by atoms with Gasteiger partial charge in [-0.2, -0.15) is 0 Å². The molecule has 0 bridgehead atoms. The summed E-state index contributed by atoms with van der Waals surface area (Å²) in [7, 11) is 0. The summed E-state index contributed by atoms with van der Waals surface area (Å²) in [4.78, 5) is 0. The third-order valence-electron chi connectivity index (χ3n) is 4.37. The molecule has 0 aromatic rings. The SMILES string of the molecule is NC1CCC(C2(N)CCCCC2)CC1. The Morgan fingerprint density at radius 1 is 0.857 bits per heavy atom. The standard InChI is InChI=1S/C12H24N2/c13-11-6-4-10(5-7-11)12(14)8-2-1-3-9-12/h10-11H,1-9,13-14H2. The summed E-state index contributed by atoms with van der Waals surface area (Å²) in [5.41, 5.74) is 12.6. The Labute approximate surface area is 87.4 Å². The first-order chi connectivity index (χ1) is 6.71. The highest BCUT2D eigenvalue weighted by atomic mass is 14.8. The summed E-state index contributed by atoms with van der Waals surface area (Å²) in [6.07, 6.45) is 11.5. The summed E-state index contributed by atoms with van der Waals surface area (Å²) in [5, 5.41) is 0. The Morgan fingerprint density at radius 2 is 1.43 bits per heavy atom. The molecule has 2 saturated carbocycles. The van der Waals surface area contributed by atoms with Crippen LogP contribution in [0.4, 0.5) is 0 Å². The van der Waals surface area contributed by atoms with Crippen LogP contribution in [0.5, 0.6) is 0 Å². The van der Waals surface area contributed by atoms with Crippen LogP contribution in [0.2, 0.25) is 0 Å². The van der Waals surface area contributed by atoms with Crippen LogP contribution < -0.4 is 11.5 Å². The fourth-order valence-corrected chi connectivity index (χ4v) is 3.31. The Kier molecular flexibility index (Phi) is 3.13. The van der Waals surface area contributed by atoms with Crippen LogP contribution in [0.25, 0.3) is 0 Å². The van der Waals surface area contributed by atoms with E-state index < -0.39 is 0 Å². The second kappa shape index (κ2) is 4.19. The Hall–Kier alpha value is -0.0800. The zero-order valence-electron chi connectivity index (χ0n) is 9.17. The molecule has 2 aliphatic carbocycles. The number of hydrogen-bond acceptors (Lipinski definition) is 2. The van der Waals surface area contributed by atoms with Crippen LogP contribution in [0, 0.1) is 5.92 Å². The lowest BCUT2D eigenvalue weighted by Crippen LogP contribution is -2.50. The minimum Gasteiger partial charge on any atom is -0.328 e. The van der Waals surface area contributed by atoms with Gasteiger partial charge in [-0.05, 0) is 44.4 Å². The van der Waals surface area contributed by atoms with E-state index in [1.54, 1.807) is 0 Å². The summed E-state index contributed by atoms with van der Waals surface area (Å²) < 4.78 is 0. The van der Waals surface area contributed by atoms with Gasteiger partial charge < -0.3 is 11.5 Å². The number of rotatable bonds is 1. The molecule has 0 atom stereocenters. The molecule has 0 heterocycles. The molecule has 0 radical (unpaired) electrons. The van der Waals surface area contributed by atoms with E-state index in [1.807, 2.05) is 0 Å². The average molecular weight is 196 g/mol. The molecule has 0 spiro atoms. The van der Waals surface area contributed by atoms with Crippen molar-refractivity contribution >= 4 is 0 Å². The lowest BCUT2D eigenvalue weighted by Gasteiger charge is -2.43. The van der Waals surface area contributed by atoms with Gasteiger partial charge in [-0.1, -0.05) is 19.3 Å². The molecule has 2 heteroatoms. The molecular formula is C12H24N2. The molecule has 0 unspecified atom stereocenters. The number of hydrogen-bond donors (Lipinski definition) is 2. The molecule has 2 fully saturated rings. The monoisotopic (exact) mass is 196 g/mol. The van der Waals surface area contributed by atoms with E-state index >= 15 is 0 Å². The largest absolute Gasteiger partial charge is 0.328 e. The number of nitrogens with two attached hydrogens (primary N) is 2. The Morgan fingerprint density at radius 3 is 2.00 bits per heavy atom. The lowest BCUT2D eigenvalue weighted by molar-refractivity contribution is 0.148. The van der Waals surface area contributed by atoms with E-state index in [2.05, 4.69) is 0 Å². The average Bonchev–Trinajstić information content (AvgIpc) is 2.19. The van der Waals surface area contributed by atoms with E-state index in [-0.39, 0.29) is 5.54 Å². The Bertz CT molecular complexity index is 177. The van der Waals surface area contributed by atoms with Gasteiger partial charge in [-0.3, -0.25) is 0 Å². The molecular weight excluding hydrogens is 172 g/mol. The van der Waals surface area contributed by atoms with Gasteiger partial charge in [0.05, 0.1) is 0 Å². The molecule has 14 heavy (non-hydrogen) atoms. The van der Waals surface area contributed by atoms with E-state index in [0.29, 0.717) is 6.04 Å². The molecule has 0 saturated heterocycles. The summed E-state index contributed by atoms with van der Waals surface area (Å²) in [6, 6.07) is 0.457. The lowest BCUT2D eigenvalue weighted by atomic mass is 9.67. The van der Waals surface area contributed by atoms with Gasteiger partial charge in [0.25, 0.3) is 0 Å². The maximum atomic E-state index is 6.54. The highest BCUT2D eigenvalue weighted by Gasteiger charge is 2.37.